The lowest BCUT2D eigenvalue weighted by atomic mass is 10.2. The minimum absolute atomic E-state index is 0.0833. The summed E-state index contributed by atoms with van der Waals surface area (Å²) in [5, 5.41) is 12.4. The normalized spacial score (nSPS) is 10.6. The van der Waals surface area contributed by atoms with E-state index in [1.54, 1.807) is 11.3 Å². The first-order valence-corrected chi connectivity index (χ1v) is 9.14. The first-order valence-electron chi connectivity index (χ1n) is 7.28. The molecule has 3 aromatic rings. The topological polar surface area (TPSA) is 73.9 Å². The van der Waals surface area contributed by atoms with Gasteiger partial charge in [0.25, 0.3) is 0 Å². The number of nitrogens with zero attached hydrogens (tertiary/aromatic N) is 3. The van der Waals surface area contributed by atoms with Crippen LogP contribution in [0.5, 0.6) is 0 Å². The van der Waals surface area contributed by atoms with Gasteiger partial charge in [-0.1, -0.05) is 17.8 Å². The molecule has 8 heteroatoms. The van der Waals surface area contributed by atoms with Crippen LogP contribution in [-0.2, 0) is 4.79 Å². The Labute approximate surface area is 148 Å². The average Bonchev–Trinajstić information content (AvgIpc) is 3.25. The van der Waals surface area contributed by atoms with Crippen molar-refractivity contribution in [2.75, 3.05) is 30.1 Å². The molecule has 0 saturated heterocycles. The number of carbonyl (C=O) groups is 1. The Bertz CT molecular complexity index is 796. The highest BCUT2D eigenvalue weighted by Gasteiger charge is 2.10. The third kappa shape index (κ3) is 4.15. The zero-order chi connectivity index (χ0) is 16.9. The van der Waals surface area contributed by atoms with Gasteiger partial charge in [0.15, 0.2) is 5.82 Å². The van der Waals surface area contributed by atoms with Gasteiger partial charge in [-0.25, -0.2) is 4.98 Å². The maximum absolute atomic E-state index is 12.0. The van der Waals surface area contributed by atoms with Gasteiger partial charge in [0.05, 0.1) is 10.6 Å². The summed E-state index contributed by atoms with van der Waals surface area (Å²) >= 11 is 2.90. The van der Waals surface area contributed by atoms with Crippen LogP contribution in [0.3, 0.4) is 0 Å². The fraction of sp³-hybridized carbons (Fsp3) is 0.188. The highest BCUT2D eigenvalue weighted by Crippen LogP contribution is 2.23. The number of amides is 1. The molecule has 0 aliphatic heterocycles. The molecule has 0 atom stereocenters. The van der Waals surface area contributed by atoms with Gasteiger partial charge in [0, 0.05) is 25.5 Å². The predicted molar refractivity (Wildman–Crippen MR) is 99.8 cm³/mol. The molecule has 2 aromatic heterocycles. The number of thioether (sulfide) groups is 1. The molecule has 0 radical (unpaired) electrons. The summed E-state index contributed by atoms with van der Waals surface area (Å²) in [6.07, 6.45) is 0. The molecular weight excluding hydrogens is 342 g/mol. The van der Waals surface area contributed by atoms with Crippen LogP contribution >= 0.6 is 23.1 Å². The quantitative estimate of drug-likeness (QED) is 0.661. The van der Waals surface area contributed by atoms with Crippen molar-refractivity contribution in [3.8, 4) is 10.7 Å². The molecule has 0 aliphatic carbocycles. The van der Waals surface area contributed by atoms with Gasteiger partial charge < -0.3 is 10.2 Å². The van der Waals surface area contributed by atoms with E-state index in [9.17, 15) is 4.79 Å². The van der Waals surface area contributed by atoms with Gasteiger partial charge >= 0.3 is 0 Å². The molecule has 0 bridgehead atoms. The van der Waals surface area contributed by atoms with Crippen LogP contribution in [-0.4, -0.2) is 40.9 Å². The molecule has 124 valence electrons. The Kier molecular flexibility index (Phi) is 5.17. The average molecular weight is 359 g/mol. The number of thiophene rings is 1. The van der Waals surface area contributed by atoms with Crippen LogP contribution in [0.15, 0.2) is 46.9 Å². The van der Waals surface area contributed by atoms with Crippen molar-refractivity contribution in [1.29, 1.82) is 0 Å². The number of hydrogen-bond acceptors (Lipinski definition) is 6. The zero-order valence-electron chi connectivity index (χ0n) is 13.3. The fourth-order valence-electron chi connectivity index (χ4n) is 2.00. The van der Waals surface area contributed by atoms with E-state index in [0.29, 0.717) is 5.16 Å². The van der Waals surface area contributed by atoms with Crippen LogP contribution in [0.2, 0.25) is 0 Å². The van der Waals surface area contributed by atoms with E-state index in [4.69, 9.17) is 0 Å². The minimum atomic E-state index is -0.0833. The summed E-state index contributed by atoms with van der Waals surface area (Å²) in [7, 11) is 3.96. The van der Waals surface area contributed by atoms with E-state index < -0.39 is 0 Å². The highest BCUT2D eigenvalue weighted by molar-refractivity contribution is 7.99. The molecule has 0 aliphatic rings. The third-order valence-electron chi connectivity index (χ3n) is 3.22. The highest BCUT2D eigenvalue weighted by atomic mass is 32.2. The zero-order valence-corrected chi connectivity index (χ0v) is 14.9. The van der Waals surface area contributed by atoms with Crippen LogP contribution in [0.1, 0.15) is 0 Å². The molecular formula is C16H17N5OS2. The van der Waals surface area contributed by atoms with E-state index in [0.717, 1.165) is 22.1 Å². The van der Waals surface area contributed by atoms with Crippen molar-refractivity contribution >= 4 is 40.4 Å². The monoisotopic (exact) mass is 359 g/mol. The smallest absolute Gasteiger partial charge is 0.234 e. The first kappa shape index (κ1) is 16.5. The molecule has 0 unspecified atom stereocenters. The summed E-state index contributed by atoms with van der Waals surface area (Å²) in [4.78, 5) is 19.5. The molecule has 1 amide bonds. The van der Waals surface area contributed by atoms with Crippen molar-refractivity contribution in [1.82, 2.24) is 15.2 Å². The number of benzene rings is 1. The van der Waals surface area contributed by atoms with Crippen LogP contribution < -0.4 is 10.2 Å². The molecule has 0 fully saturated rings. The summed E-state index contributed by atoms with van der Waals surface area (Å²) < 4.78 is 0. The van der Waals surface area contributed by atoms with E-state index in [2.05, 4.69) is 20.5 Å². The molecule has 1 aromatic carbocycles. The number of anilines is 2. The van der Waals surface area contributed by atoms with Crippen molar-refractivity contribution in [2.45, 2.75) is 5.16 Å². The number of carbonyl (C=O) groups excluding carboxylic acids is 1. The largest absolute Gasteiger partial charge is 0.378 e. The number of H-pyrrole nitrogens is 1. The Morgan fingerprint density at radius 3 is 2.75 bits per heavy atom. The Balaban J connectivity index is 1.52. The maximum atomic E-state index is 12.0. The van der Waals surface area contributed by atoms with Gasteiger partial charge in [-0.05, 0) is 35.7 Å². The van der Waals surface area contributed by atoms with Crippen molar-refractivity contribution < 1.29 is 4.79 Å². The SMILES string of the molecule is CN(C)c1ccc(NC(=O)CSc2n[nH]c(-c3cccs3)n2)cc1. The standard InChI is InChI=1S/C16H17N5OS2/c1-21(2)12-7-5-11(6-8-12)17-14(22)10-24-16-18-15(19-20-16)13-4-3-9-23-13/h3-9H,10H2,1-2H3,(H,17,22)(H,18,19,20). The summed E-state index contributed by atoms with van der Waals surface area (Å²) in [6.45, 7) is 0. The van der Waals surface area contributed by atoms with Crippen LogP contribution in [0, 0.1) is 0 Å². The van der Waals surface area contributed by atoms with E-state index in [-0.39, 0.29) is 11.7 Å². The van der Waals surface area contributed by atoms with Gasteiger partial charge in [0.1, 0.15) is 0 Å². The van der Waals surface area contributed by atoms with Crippen LogP contribution in [0.25, 0.3) is 10.7 Å². The molecule has 24 heavy (non-hydrogen) atoms. The minimum Gasteiger partial charge on any atom is -0.378 e. The lowest BCUT2D eigenvalue weighted by Gasteiger charge is -2.12. The first-order chi connectivity index (χ1) is 11.6. The van der Waals surface area contributed by atoms with Crippen molar-refractivity contribution in [3.05, 3.63) is 41.8 Å². The third-order valence-corrected chi connectivity index (χ3v) is 4.94. The van der Waals surface area contributed by atoms with Crippen LogP contribution in [0.4, 0.5) is 11.4 Å². The van der Waals surface area contributed by atoms with Gasteiger partial charge in [0.2, 0.25) is 11.1 Å². The van der Waals surface area contributed by atoms with Crippen molar-refractivity contribution in [3.63, 3.8) is 0 Å². The maximum Gasteiger partial charge on any atom is 0.234 e. The number of rotatable bonds is 6. The number of hydrogen-bond donors (Lipinski definition) is 2. The predicted octanol–water partition coefficient (Wildman–Crippen LogP) is 3.33. The molecule has 3 rings (SSSR count). The summed E-state index contributed by atoms with van der Waals surface area (Å²) in [6, 6.07) is 11.6. The second-order valence-electron chi connectivity index (χ2n) is 5.22. The molecule has 2 N–H and O–H groups in total. The number of aromatic nitrogens is 3. The Hall–Kier alpha value is -2.32. The molecule has 6 nitrogen and oxygen atoms in total. The van der Waals surface area contributed by atoms with Gasteiger partial charge in [-0.2, -0.15) is 0 Å². The van der Waals surface area contributed by atoms with Gasteiger partial charge in [-0.15, -0.1) is 16.4 Å². The van der Waals surface area contributed by atoms with Crippen molar-refractivity contribution in [2.24, 2.45) is 0 Å². The number of aromatic amines is 1. The molecule has 0 spiro atoms. The van der Waals surface area contributed by atoms with E-state index in [1.807, 2.05) is 60.8 Å². The number of nitrogens with one attached hydrogen (secondary N) is 2. The lowest BCUT2D eigenvalue weighted by molar-refractivity contribution is -0.113. The Morgan fingerprint density at radius 2 is 2.08 bits per heavy atom. The fourth-order valence-corrected chi connectivity index (χ4v) is 3.27. The second-order valence-corrected chi connectivity index (χ2v) is 7.11. The molecule has 0 saturated carbocycles. The van der Waals surface area contributed by atoms with Gasteiger partial charge in [-0.3, -0.25) is 9.89 Å². The lowest BCUT2D eigenvalue weighted by Crippen LogP contribution is -2.14. The van der Waals surface area contributed by atoms with E-state index >= 15 is 0 Å². The molecule has 2 heterocycles. The summed E-state index contributed by atoms with van der Waals surface area (Å²) in [5.74, 6) is 0.907. The Morgan fingerprint density at radius 1 is 1.29 bits per heavy atom. The van der Waals surface area contributed by atoms with E-state index in [1.165, 1.54) is 11.8 Å². The summed E-state index contributed by atoms with van der Waals surface area (Å²) in [5.41, 5.74) is 1.87. The second kappa shape index (κ2) is 7.50.